The Morgan fingerprint density at radius 1 is 1.22 bits per heavy atom. The number of likely N-dealkylation sites (N-methyl/N-ethyl adjacent to an activating group) is 1. The van der Waals surface area contributed by atoms with Crippen molar-refractivity contribution in [2.24, 2.45) is 0 Å². The van der Waals surface area contributed by atoms with Crippen LogP contribution in [0, 0.1) is 11.6 Å². The molecule has 0 bridgehead atoms. The highest BCUT2D eigenvalue weighted by atomic mass is 19.2. The van der Waals surface area contributed by atoms with E-state index in [-0.39, 0.29) is 35.5 Å². The molecule has 0 aliphatic heterocycles. The number of rotatable bonds is 5. The number of Topliss-reactive ketones (excluding diaryl/α,β-unsaturated/α-hetero) is 2. The number of ketones is 2. The van der Waals surface area contributed by atoms with E-state index in [0.29, 0.717) is 6.54 Å². The van der Waals surface area contributed by atoms with Crippen molar-refractivity contribution in [1.82, 2.24) is 10.2 Å². The summed E-state index contributed by atoms with van der Waals surface area (Å²) in [7, 11) is 3.84. The second-order valence-corrected chi connectivity index (χ2v) is 5.91. The zero-order chi connectivity index (χ0) is 17.0. The lowest BCUT2D eigenvalue weighted by atomic mass is 9.80. The van der Waals surface area contributed by atoms with E-state index in [2.05, 4.69) is 5.32 Å². The Kier molecular flexibility index (Phi) is 5.60. The molecule has 1 N–H and O–H groups in total. The van der Waals surface area contributed by atoms with Crippen LogP contribution in [-0.4, -0.2) is 43.7 Å². The van der Waals surface area contributed by atoms with E-state index >= 15 is 0 Å². The Balaban J connectivity index is 2.07. The van der Waals surface area contributed by atoms with Gasteiger partial charge in [0.05, 0.1) is 5.57 Å². The molecule has 1 saturated carbocycles. The highest BCUT2D eigenvalue weighted by molar-refractivity contribution is 6.22. The van der Waals surface area contributed by atoms with E-state index in [1.54, 1.807) is 0 Å². The van der Waals surface area contributed by atoms with Gasteiger partial charge < -0.3 is 10.2 Å². The van der Waals surface area contributed by atoms with Gasteiger partial charge in [-0.15, -0.1) is 0 Å². The molecule has 1 aromatic carbocycles. The van der Waals surface area contributed by atoms with Crippen molar-refractivity contribution in [1.29, 1.82) is 0 Å². The Bertz CT molecular complexity index is 621. The fraction of sp³-hybridized carbons (Fsp3) is 0.412. The second kappa shape index (κ2) is 7.46. The Labute approximate surface area is 134 Å². The van der Waals surface area contributed by atoms with Crippen molar-refractivity contribution < 1.29 is 18.4 Å². The molecule has 1 fully saturated rings. The van der Waals surface area contributed by atoms with Crippen LogP contribution < -0.4 is 5.32 Å². The molecule has 0 spiro atoms. The zero-order valence-electron chi connectivity index (χ0n) is 13.2. The van der Waals surface area contributed by atoms with Crippen LogP contribution in [0.25, 0.3) is 0 Å². The van der Waals surface area contributed by atoms with Gasteiger partial charge in [-0.2, -0.15) is 0 Å². The van der Waals surface area contributed by atoms with E-state index in [4.69, 9.17) is 0 Å². The number of allylic oxidation sites excluding steroid dienone is 1. The lowest BCUT2D eigenvalue weighted by molar-refractivity contribution is -0.124. The first-order chi connectivity index (χ1) is 10.9. The molecule has 23 heavy (non-hydrogen) atoms. The van der Waals surface area contributed by atoms with Crippen LogP contribution in [-0.2, 0) is 9.59 Å². The lowest BCUT2D eigenvalue weighted by Crippen LogP contribution is -2.29. The minimum absolute atomic E-state index is 0.00725. The average Bonchev–Trinajstić information content (AvgIpc) is 2.48. The normalized spacial score (nSPS) is 18.5. The molecule has 1 aliphatic rings. The van der Waals surface area contributed by atoms with Crippen LogP contribution in [0.2, 0.25) is 0 Å². The Morgan fingerprint density at radius 2 is 1.87 bits per heavy atom. The van der Waals surface area contributed by atoms with E-state index < -0.39 is 17.6 Å². The third-order valence-corrected chi connectivity index (χ3v) is 3.84. The molecule has 0 heterocycles. The standard InChI is InChI=1S/C17H20F2N2O2/c1-21(2)7-6-20-10-13-15(22)8-11(9-16(13)23)12-4-3-5-14(18)17(12)19/h3-5,10-11,20H,6-9H2,1-2H3. The lowest BCUT2D eigenvalue weighted by Gasteiger charge is -2.23. The number of carbonyl (C=O) groups excluding carboxylic acids is 2. The SMILES string of the molecule is CN(C)CCNC=C1C(=O)CC(c2cccc(F)c2F)CC1=O. The van der Waals surface area contributed by atoms with Crippen molar-refractivity contribution in [2.45, 2.75) is 18.8 Å². The van der Waals surface area contributed by atoms with Crippen LogP contribution in [0.1, 0.15) is 24.3 Å². The smallest absolute Gasteiger partial charge is 0.168 e. The van der Waals surface area contributed by atoms with E-state index in [1.165, 1.54) is 18.3 Å². The van der Waals surface area contributed by atoms with Gasteiger partial charge in [-0.1, -0.05) is 12.1 Å². The van der Waals surface area contributed by atoms with E-state index in [1.807, 2.05) is 19.0 Å². The van der Waals surface area contributed by atoms with Gasteiger partial charge in [-0.25, -0.2) is 8.78 Å². The summed E-state index contributed by atoms with van der Waals surface area (Å²) in [6, 6.07) is 3.83. The van der Waals surface area contributed by atoms with Gasteiger partial charge in [0.1, 0.15) is 0 Å². The molecule has 0 aromatic heterocycles. The fourth-order valence-corrected chi connectivity index (χ4v) is 2.57. The highest BCUT2D eigenvalue weighted by Crippen LogP contribution is 2.33. The summed E-state index contributed by atoms with van der Waals surface area (Å²) in [6.45, 7) is 1.38. The molecule has 0 amide bonds. The Morgan fingerprint density at radius 3 is 2.48 bits per heavy atom. The van der Waals surface area contributed by atoms with Crippen molar-refractivity contribution >= 4 is 11.6 Å². The number of halogens is 2. The van der Waals surface area contributed by atoms with E-state index in [9.17, 15) is 18.4 Å². The third kappa shape index (κ3) is 4.22. The van der Waals surface area contributed by atoms with Gasteiger partial charge in [-0.3, -0.25) is 9.59 Å². The predicted octanol–water partition coefficient (Wildman–Crippen LogP) is 2.02. The molecule has 0 radical (unpaired) electrons. The molecule has 124 valence electrons. The molecule has 0 saturated heterocycles. The van der Waals surface area contributed by atoms with Gasteiger partial charge in [0.15, 0.2) is 23.2 Å². The second-order valence-electron chi connectivity index (χ2n) is 5.91. The van der Waals surface area contributed by atoms with Crippen LogP contribution in [0.4, 0.5) is 8.78 Å². The van der Waals surface area contributed by atoms with Crippen molar-refractivity contribution in [3.63, 3.8) is 0 Å². The molecule has 0 atom stereocenters. The van der Waals surface area contributed by atoms with Crippen LogP contribution in [0.5, 0.6) is 0 Å². The molecular weight excluding hydrogens is 302 g/mol. The van der Waals surface area contributed by atoms with Crippen LogP contribution in [0.3, 0.4) is 0 Å². The fourth-order valence-electron chi connectivity index (χ4n) is 2.57. The summed E-state index contributed by atoms with van der Waals surface area (Å²) in [5, 5.41) is 2.94. The molecular formula is C17H20F2N2O2. The quantitative estimate of drug-likeness (QED) is 0.512. The monoisotopic (exact) mass is 322 g/mol. The first kappa shape index (κ1) is 17.3. The average molecular weight is 322 g/mol. The maximum Gasteiger partial charge on any atom is 0.168 e. The van der Waals surface area contributed by atoms with Crippen LogP contribution in [0.15, 0.2) is 30.0 Å². The number of nitrogens with zero attached hydrogens (tertiary/aromatic N) is 1. The summed E-state index contributed by atoms with van der Waals surface area (Å²) in [5.41, 5.74) is 0.197. The summed E-state index contributed by atoms with van der Waals surface area (Å²) < 4.78 is 27.1. The summed E-state index contributed by atoms with van der Waals surface area (Å²) >= 11 is 0. The maximum absolute atomic E-state index is 13.8. The van der Waals surface area contributed by atoms with Crippen molar-refractivity contribution in [3.05, 3.63) is 47.2 Å². The third-order valence-electron chi connectivity index (χ3n) is 3.84. The first-order valence-corrected chi connectivity index (χ1v) is 7.48. The summed E-state index contributed by atoms with van der Waals surface area (Å²) in [5.74, 6) is -3.23. The summed E-state index contributed by atoms with van der Waals surface area (Å²) in [6.07, 6.45) is 1.45. The number of benzene rings is 1. The van der Waals surface area contributed by atoms with Gasteiger partial charge >= 0.3 is 0 Å². The molecule has 2 rings (SSSR count). The Hall–Kier alpha value is -2.08. The number of hydrogen-bond donors (Lipinski definition) is 1. The zero-order valence-corrected chi connectivity index (χ0v) is 13.2. The summed E-state index contributed by atoms with van der Waals surface area (Å²) in [4.78, 5) is 26.3. The predicted molar refractivity (Wildman–Crippen MR) is 83.0 cm³/mol. The largest absolute Gasteiger partial charge is 0.389 e. The van der Waals surface area contributed by atoms with Crippen molar-refractivity contribution in [2.75, 3.05) is 27.2 Å². The first-order valence-electron chi connectivity index (χ1n) is 7.48. The number of hydrogen-bond acceptors (Lipinski definition) is 4. The van der Waals surface area contributed by atoms with Crippen LogP contribution >= 0.6 is 0 Å². The maximum atomic E-state index is 13.8. The number of nitrogens with one attached hydrogen (secondary N) is 1. The van der Waals surface area contributed by atoms with Gasteiger partial charge in [0.25, 0.3) is 0 Å². The minimum atomic E-state index is -0.977. The topological polar surface area (TPSA) is 49.4 Å². The molecule has 4 nitrogen and oxygen atoms in total. The molecule has 6 heteroatoms. The van der Waals surface area contributed by atoms with Gasteiger partial charge in [-0.05, 0) is 25.7 Å². The van der Waals surface area contributed by atoms with E-state index in [0.717, 1.165) is 12.6 Å². The molecule has 1 aliphatic carbocycles. The molecule has 0 unspecified atom stereocenters. The number of carbonyl (C=O) groups is 2. The highest BCUT2D eigenvalue weighted by Gasteiger charge is 2.33. The van der Waals surface area contributed by atoms with Gasteiger partial charge in [0.2, 0.25) is 0 Å². The molecule has 1 aromatic rings. The minimum Gasteiger partial charge on any atom is -0.389 e. The van der Waals surface area contributed by atoms with Gasteiger partial charge in [0, 0.05) is 38.0 Å². The van der Waals surface area contributed by atoms with Crippen molar-refractivity contribution in [3.8, 4) is 0 Å².